The first-order chi connectivity index (χ1) is 17.8. The highest BCUT2D eigenvalue weighted by molar-refractivity contribution is 5.94. The molecule has 0 spiro atoms. The van der Waals surface area contributed by atoms with Gasteiger partial charge in [-0.3, -0.25) is 33.3 Å². The Labute approximate surface area is 211 Å². The Hall–Kier alpha value is -4.44. The summed E-state index contributed by atoms with van der Waals surface area (Å²) in [6.45, 7) is 1.85. The van der Waals surface area contributed by atoms with Crippen LogP contribution in [-0.2, 0) is 18.9 Å². The van der Waals surface area contributed by atoms with Gasteiger partial charge in [-0.25, -0.2) is 4.79 Å². The molecule has 0 unspecified atom stereocenters. The van der Waals surface area contributed by atoms with Gasteiger partial charge in [-0.2, -0.15) is 0 Å². The lowest BCUT2D eigenvalue weighted by Crippen LogP contribution is -2.53. The van der Waals surface area contributed by atoms with Gasteiger partial charge in [0.25, 0.3) is 5.56 Å². The molecule has 1 fully saturated rings. The standard InChI is InChI=1S/C27H26N4O6/c1-28-24(16-25(33)29(2)27(28)35)31-11-10-30(17-26(31)34)12-13-36-19-8-9-22-20(14-19)21(32)15-23(37-22)18-6-4-3-5-7-18/h3-9,14-16H,10-13,17H2,1-2H3. The molecule has 4 aromatic rings. The summed E-state index contributed by atoms with van der Waals surface area (Å²) in [6.07, 6.45) is 0. The molecular weight excluding hydrogens is 476 g/mol. The summed E-state index contributed by atoms with van der Waals surface area (Å²) in [7, 11) is 2.94. The van der Waals surface area contributed by atoms with Gasteiger partial charge in [0.05, 0.1) is 11.9 Å². The van der Waals surface area contributed by atoms with Crippen molar-refractivity contribution in [2.45, 2.75) is 0 Å². The monoisotopic (exact) mass is 502 g/mol. The van der Waals surface area contributed by atoms with E-state index in [1.807, 2.05) is 35.2 Å². The van der Waals surface area contributed by atoms with Crippen LogP contribution >= 0.6 is 0 Å². The van der Waals surface area contributed by atoms with Gasteiger partial charge in [0.15, 0.2) is 5.43 Å². The van der Waals surface area contributed by atoms with E-state index in [1.165, 1.54) is 35.7 Å². The van der Waals surface area contributed by atoms with Crippen LogP contribution in [0.4, 0.5) is 5.82 Å². The molecule has 2 aromatic carbocycles. The lowest BCUT2D eigenvalue weighted by molar-refractivity contribution is -0.121. The Bertz CT molecular complexity index is 1650. The number of nitrogens with zero attached hydrogens (tertiary/aromatic N) is 4. The molecule has 37 heavy (non-hydrogen) atoms. The van der Waals surface area contributed by atoms with Crippen LogP contribution in [-0.4, -0.2) is 52.7 Å². The highest BCUT2D eigenvalue weighted by Gasteiger charge is 2.27. The van der Waals surface area contributed by atoms with E-state index in [4.69, 9.17) is 9.15 Å². The maximum absolute atomic E-state index is 12.8. The lowest BCUT2D eigenvalue weighted by Gasteiger charge is -2.34. The molecule has 3 heterocycles. The highest BCUT2D eigenvalue weighted by atomic mass is 16.5. The SMILES string of the molecule is Cn1c(N2CCN(CCOc3ccc4oc(-c5ccccc5)cc(=O)c4c3)CC2=O)cc(=O)n(C)c1=O. The van der Waals surface area contributed by atoms with Gasteiger partial charge in [-0.05, 0) is 18.2 Å². The van der Waals surface area contributed by atoms with Crippen LogP contribution in [0.15, 0.2) is 79.5 Å². The number of aromatic nitrogens is 2. The van der Waals surface area contributed by atoms with Crippen molar-refractivity contribution in [1.82, 2.24) is 14.0 Å². The molecule has 2 aromatic heterocycles. The van der Waals surface area contributed by atoms with Crippen LogP contribution in [0.5, 0.6) is 5.75 Å². The molecule has 1 aliphatic heterocycles. The zero-order valence-electron chi connectivity index (χ0n) is 20.5. The predicted octanol–water partition coefficient (Wildman–Crippen LogP) is 1.58. The normalized spacial score (nSPS) is 14.3. The molecule has 0 atom stereocenters. The van der Waals surface area contributed by atoms with Crippen molar-refractivity contribution in [3.63, 3.8) is 0 Å². The van der Waals surface area contributed by atoms with Gasteiger partial charge in [-0.15, -0.1) is 0 Å². The largest absolute Gasteiger partial charge is 0.492 e. The number of amides is 1. The van der Waals surface area contributed by atoms with Crippen LogP contribution in [0.2, 0.25) is 0 Å². The first kappa shape index (κ1) is 24.3. The quantitative estimate of drug-likeness (QED) is 0.394. The van der Waals surface area contributed by atoms with Crippen molar-refractivity contribution >= 4 is 22.7 Å². The van der Waals surface area contributed by atoms with Gasteiger partial charge in [0, 0.05) is 51.4 Å². The van der Waals surface area contributed by atoms with Crippen LogP contribution in [0.3, 0.4) is 0 Å². The second-order valence-electron chi connectivity index (χ2n) is 8.91. The van der Waals surface area contributed by atoms with E-state index in [0.717, 1.165) is 10.1 Å². The Balaban J connectivity index is 1.21. The van der Waals surface area contributed by atoms with Crippen molar-refractivity contribution in [1.29, 1.82) is 0 Å². The van der Waals surface area contributed by atoms with Crippen molar-refractivity contribution in [2.75, 3.05) is 37.7 Å². The third-order valence-corrected chi connectivity index (χ3v) is 6.51. The molecule has 10 nitrogen and oxygen atoms in total. The predicted molar refractivity (Wildman–Crippen MR) is 139 cm³/mol. The van der Waals surface area contributed by atoms with Crippen LogP contribution in [0.25, 0.3) is 22.3 Å². The number of ether oxygens (including phenoxy) is 1. The summed E-state index contributed by atoms with van der Waals surface area (Å²) < 4.78 is 14.1. The van der Waals surface area contributed by atoms with E-state index in [2.05, 4.69) is 0 Å². The maximum atomic E-state index is 12.8. The summed E-state index contributed by atoms with van der Waals surface area (Å²) in [5.74, 6) is 1.13. The van der Waals surface area contributed by atoms with E-state index in [0.29, 0.717) is 54.5 Å². The second kappa shape index (κ2) is 9.90. The van der Waals surface area contributed by atoms with E-state index < -0.39 is 11.2 Å². The summed E-state index contributed by atoms with van der Waals surface area (Å²) in [4.78, 5) is 53.2. The molecule has 0 saturated carbocycles. The molecule has 1 saturated heterocycles. The molecule has 0 radical (unpaired) electrons. The lowest BCUT2D eigenvalue weighted by atomic mass is 10.1. The van der Waals surface area contributed by atoms with Gasteiger partial charge in [0.2, 0.25) is 5.91 Å². The Morgan fingerprint density at radius 2 is 1.68 bits per heavy atom. The molecule has 10 heteroatoms. The van der Waals surface area contributed by atoms with E-state index in [9.17, 15) is 19.2 Å². The smallest absolute Gasteiger partial charge is 0.332 e. The average molecular weight is 503 g/mol. The zero-order valence-corrected chi connectivity index (χ0v) is 20.5. The molecular formula is C27H26N4O6. The molecule has 1 aliphatic rings. The topological polar surface area (TPSA) is 107 Å². The Morgan fingerprint density at radius 3 is 2.43 bits per heavy atom. The third-order valence-electron chi connectivity index (χ3n) is 6.51. The molecule has 0 N–H and O–H groups in total. The number of benzene rings is 2. The first-order valence-corrected chi connectivity index (χ1v) is 11.9. The van der Waals surface area contributed by atoms with Gasteiger partial charge in [0.1, 0.15) is 29.5 Å². The van der Waals surface area contributed by atoms with Crippen LogP contribution in [0, 0.1) is 0 Å². The highest BCUT2D eigenvalue weighted by Crippen LogP contribution is 2.24. The summed E-state index contributed by atoms with van der Waals surface area (Å²) >= 11 is 0. The third kappa shape index (κ3) is 4.83. The second-order valence-corrected chi connectivity index (χ2v) is 8.91. The minimum atomic E-state index is -0.480. The van der Waals surface area contributed by atoms with E-state index >= 15 is 0 Å². The fourth-order valence-electron chi connectivity index (χ4n) is 4.40. The number of rotatable bonds is 6. The van der Waals surface area contributed by atoms with Crippen molar-refractivity contribution < 1.29 is 13.9 Å². The van der Waals surface area contributed by atoms with Gasteiger partial charge < -0.3 is 9.15 Å². The number of carbonyl (C=O) groups excluding carboxylic acids is 1. The number of fused-ring (bicyclic) bond motifs is 1. The first-order valence-electron chi connectivity index (χ1n) is 11.9. The minimum Gasteiger partial charge on any atom is -0.492 e. The minimum absolute atomic E-state index is 0.135. The summed E-state index contributed by atoms with van der Waals surface area (Å²) in [5.41, 5.74) is 0.214. The van der Waals surface area contributed by atoms with Crippen molar-refractivity contribution in [2.24, 2.45) is 14.1 Å². The van der Waals surface area contributed by atoms with Gasteiger partial charge in [-0.1, -0.05) is 30.3 Å². The fraction of sp³-hybridized carbons (Fsp3) is 0.259. The van der Waals surface area contributed by atoms with Crippen LogP contribution < -0.4 is 26.3 Å². The van der Waals surface area contributed by atoms with E-state index in [1.54, 1.807) is 18.2 Å². The molecule has 190 valence electrons. The Kier molecular flexibility index (Phi) is 6.49. The van der Waals surface area contributed by atoms with Crippen LogP contribution in [0.1, 0.15) is 0 Å². The summed E-state index contributed by atoms with van der Waals surface area (Å²) in [6, 6.07) is 17.3. The number of carbonyl (C=O) groups is 1. The molecule has 1 amide bonds. The Morgan fingerprint density at radius 1 is 0.892 bits per heavy atom. The van der Waals surface area contributed by atoms with E-state index in [-0.39, 0.29) is 17.9 Å². The molecule has 5 rings (SSSR count). The molecule has 0 bridgehead atoms. The fourth-order valence-corrected chi connectivity index (χ4v) is 4.40. The number of anilines is 1. The summed E-state index contributed by atoms with van der Waals surface area (Å²) in [5, 5.41) is 0.431. The van der Waals surface area contributed by atoms with Crippen molar-refractivity contribution in [3.05, 3.63) is 91.7 Å². The zero-order chi connectivity index (χ0) is 26.1. The maximum Gasteiger partial charge on any atom is 0.332 e. The number of piperazine rings is 1. The number of hydrogen-bond acceptors (Lipinski definition) is 7. The van der Waals surface area contributed by atoms with Crippen molar-refractivity contribution in [3.8, 4) is 17.1 Å². The number of hydrogen-bond donors (Lipinski definition) is 0. The van der Waals surface area contributed by atoms with Gasteiger partial charge >= 0.3 is 5.69 Å². The molecule has 0 aliphatic carbocycles. The average Bonchev–Trinajstić information content (AvgIpc) is 2.90.